The molecule has 0 saturated carbocycles. The Morgan fingerprint density at radius 1 is 1.33 bits per heavy atom. The van der Waals surface area contributed by atoms with Gasteiger partial charge in [-0.05, 0) is 39.8 Å². The van der Waals surface area contributed by atoms with Crippen molar-refractivity contribution < 1.29 is 9.53 Å². The van der Waals surface area contributed by atoms with E-state index in [1.807, 2.05) is 58.0 Å². The molecule has 1 heterocycles. The third-order valence-corrected chi connectivity index (χ3v) is 4.27. The molecular weight excluding hydrogens is 302 g/mol. The molecule has 3 nitrogen and oxygen atoms in total. The summed E-state index contributed by atoms with van der Waals surface area (Å²) in [6.45, 7) is 8.47. The number of rotatable bonds is 3. The topological polar surface area (TPSA) is 29.5 Å². The molecule has 0 spiro atoms. The van der Waals surface area contributed by atoms with Crippen molar-refractivity contribution >= 4 is 40.3 Å². The summed E-state index contributed by atoms with van der Waals surface area (Å²) in [6.07, 6.45) is 1.86. The molecule has 0 bridgehead atoms. The van der Waals surface area contributed by atoms with Gasteiger partial charge in [-0.25, -0.2) is 0 Å². The normalized spacial score (nSPS) is 17.7. The lowest BCUT2D eigenvalue weighted by Crippen LogP contribution is -2.44. The second-order valence-electron chi connectivity index (χ2n) is 5.66. The van der Waals surface area contributed by atoms with Crippen LogP contribution >= 0.6 is 24.0 Å². The van der Waals surface area contributed by atoms with Crippen LogP contribution in [-0.2, 0) is 4.79 Å². The van der Waals surface area contributed by atoms with Crippen molar-refractivity contribution in [3.8, 4) is 5.75 Å². The molecule has 1 amide bonds. The molecule has 1 aromatic rings. The Labute approximate surface area is 135 Å². The standard InChI is InChI=1S/C16H19NO2S2/c1-5-19-12-9-7-6-8-11(12)10-13-14(18)17(15(20)21-13)16(2,3)4/h6-10H,5H2,1-4H3/b13-10-. The lowest BCUT2D eigenvalue weighted by Gasteiger charge is -2.30. The molecule has 21 heavy (non-hydrogen) atoms. The van der Waals surface area contributed by atoms with Gasteiger partial charge < -0.3 is 4.74 Å². The van der Waals surface area contributed by atoms with E-state index in [4.69, 9.17) is 17.0 Å². The van der Waals surface area contributed by atoms with Crippen LogP contribution in [0.15, 0.2) is 29.2 Å². The summed E-state index contributed by atoms with van der Waals surface area (Å²) in [7, 11) is 0. The Bertz CT molecular complexity index is 603. The maximum absolute atomic E-state index is 12.5. The number of benzene rings is 1. The van der Waals surface area contributed by atoms with Gasteiger partial charge in [0.1, 0.15) is 10.1 Å². The minimum Gasteiger partial charge on any atom is -0.493 e. The molecule has 1 aromatic carbocycles. The van der Waals surface area contributed by atoms with Gasteiger partial charge in [0.2, 0.25) is 0 Å². The molecule has 0 aromatic heterocycles. The Balaban J connectivity index is 2.36. The van der Waals surface area contributed by atoms with Crippen LogP contribution in [0, 0.1) is 0 Å². The summed E-state index contributed by atoms with van der Waals surface area (Å²) >= 11 is 6.68. The number of para-hydroxylation sites is 1. The third-order valence-electron chi connectivity index (χ3n) is 2.97. The van der Waals surface area contributed by atoms with Gasteiger partial charge in [-0.1, -0.05) is 42.2 Å². The summed E-state index contributed by atoms with van der Waals surface area (Å²) in [5, 5.41) is 0. The van der Waals surface area contributed by atoms with E-state index in [0.717, 1.165) is 11.3 Å². The highest BCUT2D eigenvalue weighted by molar-refractivity contribution is 8.26. The Hall–Kier alpha value is -1.33. The molecule has 0 atom stereocenters. The highest BCUT2D eigenvalue weighted by Gasteiger charge is 2.39. The molecule has 1 fully saturated rings. The number of hydrogen-bond acceptors (Lipinski definition) is 4. The molecule has 0 unspecified atom stereocenters. The van der Waals surface area contributed by atoms with E-state index in [-0.39, 0.29) is 11.4 Å². The molecule has 0 radical (unpaired) electrons. The lowest BCUT2D eigenvalue weighted by atomic mass is 10.1. The smallest absolute Gasteiger partial charge is 0.266 e. The van der Waals surface area contributed by atoms with E-state index < -0.39 is 0 Å². The van der Waals surface area contributed by atoms with Crippen LogP contribution in [0.2, 0.25) is 0 Å². The van der Waals surface area contributed by atoms with Crippen molar-refractivity contribution in [2.24, 2.45) is 0 Å². The summed E-state index contributed by atoms with van der Waals surface area (Å²) < 4.78 is 6.20. The van der Waals surface area contributed by atoms with E-state index in [9.17, 15) is 4.79 Å². The van der Waals surface area contributed by atoms with E-state index >= 15 is 0 Å². The van der Waals surface area contributed by atoms with E-state index in [2.05, 4.69) is 0 Å². The first-order valence-electron chi connectivity index (χ1n) is 6.84. The summed E-state index contributed by atoms with van der Waals surface area (Å²) in [4.78, 5) is 14.9. The van der Waals surface area contributed by atoms with Crippen molar-refractivity contribution in [2.75, 3.05) is 6.61 Å². The third kappa shape index (κ3) is 3.47. The molecule has 0 aliphatic carbocycles. The first-order chi connectivity index (χ1) is 9.84. The number of carbonyl (C=O) groups excluding carboxylic acids is 1. The molecule has 1 aliphatic rings. The van der Waals surface area contributed by atoms with E-state index in [0.29, 0.717) is 15.8 Å². The van der Waals surface area contributed by atoms with Crippen molar-refractivity contribution in [1.29, 1.82) is 0 Å². The van der Waals surface area contributed by atoms with Gasteiger partial charge in [0, 0.05) is 11.1 Å². The SMILES string of the molecule is CCOc1ccccc1/C=C1\SC(=S)N(C(C)(C)C)C1=O. The maximum Gasteiger partial charge on any atom is 0.266 e. The molecule has 1 aliphatic heterocycles. The summed E-state index contributed by atoms with van der Waals surface area (Å²) in [5.41, 5.74) is 0.588. The zero-order valence-corrected chi connectivity index (χ0v) is 14.3. The number of carbonyl (C=O) groups is 1. The molecule has 5 heteroatoms. The number of hydrogen-bond donors (Lipinski definition) is 0. The predicted octanol–water partition coefficient (Wildman–Crippen LogP) is 4.09. The average molecular weight is 321 g/mol. The highest BCUT2D eigenvalue weighted by Crippen LogP contribution is 2.37. The van der Waals surface area contributed by atoms with Crippen molar-refractivity contribution in [3.63, 3.8) is 0 Å². The van der Waals surface area contributed by atoms with Gasteiger partial charge in [-0.2, -0.15) is 0 Å². The Morgan fingerprint density at radius 3 is 2.57 bits per heavy atom. The number of thiocarbonyl (C=S) groups is 1. The van der Waals surface area contributed by atoms with Gasteiger partial charge in [0.05, 0.1) is 11.5 Å². The second-order valence-corrected chi connectivity index (χ2v) is 7.33. The second kappa shape index (κ2) is 6.20. The van der Waals surface area contributed by atoms with Gasteiger partial charge in [0.15, 0.2) is 0 Å². The van der Waals surface area contributed by atoms with Crippen LogP contribution < -0.4 is 4.74 Å². The van der Waals surface area contributed by atoms with Gasteiger partial charge in [0.25, 0.3) is 5.91 Å². The van der Waals surface area contributed by atoms with Crippen LogP contribution in [0.25, 0.3) is 6.08 Å². The minimum atomic E-state index is -0.309. The van der Waals surface area contributed by atoms with Crippen molar-refractivity contribution in [1.82, 2.24) is 4.90 Å². The minimum absolute atomic E-state index is 0.0381. The quantitative estimate of drug-likeness (QED) is 0.619. The Kier molecular flexibility index (Phi) is 4.74. The fourth-order valence-electron chi connectivity index (χ4n) is 2.07. The average Bonchev–Trinajstić information content (AvgIpc) is 2.66. The van der Waals surface area contributed by atoms with E-state index in [1.54, 1.807) is 4.90 Å². The van der Waals surface area contributed by atoms with Crippen LogP contribution in [0.1, 0.15) is 33.3 Å². The number of amides is 1. The number of ether oxygens (including phenoxy) is 1. The van der Waals surface area contributed by atoms with Crippen LogP contribution in [0.3, 0.4) is 0 Å². The summed E-state index contributed by atoms with van der Waals surface area (Å²) in [5.74, 6) is 0.741. The maximum atomic E-state index is 12.5. The molecular formula is C16H19NO2S2. The van der Waals surface area contributed by atoms with Crippen LogP contribution in [0.4, 0.5) is 0 Å². The fourth-order valence-corrected chi connectivity index (χ4v) is 3.70. The zero-order valence-electron chi connectivity index (χ0n) is 12.7. The predicted molar refractivity (Wildman–Crippen MR) is 92.4 cm³/mol. The molecule has 0 N–H and O–H groups in total. The molecule has 1 saturated heterocycles. The van der Waals surface area contributed by atoms with Gasteiger partial charge in [-0.3, -0.25) is 9.69 Å². The van der Waals surface area contributed by atoms with Crippen LogP contribution in [0.5, 0.6) is 5.75 Å². The Morgan fingerprint density at radius 2 is 2.00 bits per heavy atom. The fraction of sp³-hybridized carbons (Fsp3) is 0.375. The number of thioether (sulfide) groups is 1. The van der Waals surface area contributed by atoms with Crippen molar-refractivity contribution in [2.45, 2.75) is 33.2 Å². The van der Waals surface area contributed by atoms with Crippen LogP contribution in [-0.4, -0.2) is 27.3 Å². The number of nitrogens with zero attached hydrogens (tertiary/aromatic N) is 1. The first kappa shape index (κ1) is 16.0. The summed E-state index contributed by atoms with van der Waals surface area (Å²) in [6, 6.07) is 7.69. The molecule has 2 rings (SSSR count). The van der Waals surface area contributed by atoms with Gasteiger partial charge >= 0.3 is 0 Å². The highest BCUT2D eigenvalue weighted by atomic mass is 32.2. The largest absolute Gasteiger partial charge is 0.493 e. The van der Waals surface area contributed by atoms with E-state index in [1.165, 1.54) is 11.8 Å². The van der Waals surface area contributed by atoms with Gasteiger partial charge in [-0.15, -0.1) is 0 Å². The monoisotopic (exact) mass is 321 g/mol. The zero-order chi connectivity index (χ0) is 15.6. The lowest BCUT2D eigenvalue weighted by molar-refractivity contribution is -0.125. The first-order valence-corrected chi connectivity index (χ1v) is 8.07. The van der Waals surface area contributed by atoms with Crippen molar-refractivity contribution in [3.05, 3.63) is 34.7 Å². The molecule has 112 valence electrons.